The number of piperidine rings is 1. The second kappa shape index (κ2) is 7.21. The van der Waals surface area contributed by atoms with E-state index >= 15 is 0 Å². The molecule has 1 saturated heterocycles. The molecule has 5 heteroatoms. The number of H-pyrrole nitrogens is 1. The predicted octanol–water partition coefficient (Wildman–Crippen LogP) is 5.28. The third-order valence-corrected chi connectivity index (χ3v) is 6.14. The number of nitrogens with zero attached hydrogens (tertiary/aromatic N) is 2. The van der Waals surface area contributed by atoms with E-state index < -0.39 is 0 Å². The van der Waals surface area contributed by atoms with Gasteiger partial charge in [0, 0.05) is 39.8 Å². The highest BCUT2D eigenvalue weighted by atomic mass is 79.9. The molecule has 1 aliphatic rings. The number of aromatic amines is 1. The second-order valence-electron chi connectivity index (χ2n) is 6.33. The smallest absolute Gasteiger partial charge is 0.0964 e. The summed E-state index contributed by atoms with van der Waals surface area (Å²) in [4.78, 5) is 10.7. The van der Waals surface area contributed by atoms with Crippen molar-refractivity contribution in [3.63, 3.8) is 0 Å². The SMILES string of the molecule is Brc1cccc(-c2csc(C3CCN(Cc4ccc[nH]4)CC3)n2)c1. The zero-order chi connectivity index (χ0) is 16.4. The molecule has 0 unspecified atom stereocenters. The molecule has 4 rings (SSSR count). The van der Waals surface area contributed by atoms with Gasteiger partial charge in [0.25, 0.3) is 0 Å². The summed E-state index contributed by atoms with van der Waals surface area (Å²) in [6, 6.07) is 12.6. The Morgan fingerprint density at radius 2 is 2.08 bits per heavy atom. The normalized spacial score (nSPS) is 16.5. The number of hydrogen-bond donors (Lipinski definition) is 1. The van der Waals surface area contributed by atoms with Gasteiger partial charge in [-0.1, -0.05) is 28.1 Å². The molecule has 1 aromatic carbocycles. The van der Waals surface area contributed by atoms with E-state index in [0.29, 0.717) is 5.92 Å². The van der Waals surface area contributed by atoms with Gasteiger partial charge >= 0.3 is 0 Å². The Morgan fingerprint density at radius 1 is 1.21 bits per heavy atom. The first kappa shape index (κ1) is 16.1. The van der Waals surface area contributed by atoms with Gasteiger partial charge in [-0.3, -0.25) is 4.90 Å². The van der Waals surface area contributed by atoms with Crippen molar-refractivity contribution in [2.24, 2.45) is 0 Å². The summed E-state index contributed by atoms with van der Waals surface area (Å²) in [5, 5.41) is 3.49. The zero-order valence-electron chi connectivity index (χ0n) is 13.4. The quantitative estimate of drug-likeness (QED) is 0.644. The molecule has 0 bridgehead atoms. The minimum absolute atomic E-state index is 0.607. The molecule has 3 heterocycles. The predicted molar refractivity (Wildman–Crippen MR) is 103 cm³/mol. The summed E-state index contributed by atoms with van der Waals surface area (Å²) in [7, 11) is 0. The lowest BCUT2D eigenvalue weighted by Crippen LogP contribution is -2.32. The van der Waals surface area contributed by atoms with Crippen molar-refractivity contribution in [1.82, 2.24) is 14.9 Å². The van der Waals surface area contributed by atoms with Gasteiger partial charge in [-0.05, 0) is 50.2 Å². The minimum atomic E-state index is 0.607. The number of hydrogen-bond acceptors (Lipinski definition) is 3. The number of likely N-dealkylation sites (tertiary alicyclic amines) is 1. The van der Waals surface area contributed by atoms with E-state index in [4.69, 9.17) is 4.98 Å². The van der Waals surface area contributed by atoms with Crippen molar-refractivity contribution in [2.45, 2.75) is 25.3 Å². The minimum Gasteiger partial charge on any atom is -0.364 e. The molecule has 1 fully saturated rings. The van der Waals surface area contributed by atoms with Gasteiger partial charge in [-0.25, -0.2) is 4.98 Å². The number of benzene rings is 1. The van der Waals surface area contributed by atoms with Crippen LogP contribution in [0.3, 0.4) is 0 Å². The third-order valence-electron chi connectivity index (χ3n) is 4.64. The van der Waals surface area contributed by atoms with Gasteiger partial charge in [-0.2, -0.15) is 0 Å². The van der Waals surface area contributed by atoms with Crippen molar-refractivity contribution >= 4 is 27.3 Å². The van der Waals surface area contributed by atoms with Gasteiger partial charge in [0.2, 0.25) is 0 Å². The van der Waals surface area contributed by atoms with Crippen LogP contribution in [0.4, 0.5) is 0 Å². The van der Waals surface area contributed by atoms with Crippen molar-refractivity contribution in [3.05, 3.63) is 63.1 Å². The lowest BCUT2D eigenvalue weighted by Gasteiger charge is -2.30. The molecule has 0 aliphatic carbocycles. The van der Waals surface area contributed by atoms with Gasteiger partial charge < -0.3 is 4.98 Å². The molecule has 0 spiro atoms. The molecule has 24 heavy (non-hydrogen) atoms. The Kier molecular flexibility index (Phi) is 4.83. The number of rotatable bonds is 4. The van der Waals surface area contributed by atoms with Gasteiger partial charge in [0.1, 0.15) is 0 Å². The molecule has 2 aromatic heterocycles. The highest BCUT2D eigenvalue weighted by Gasteiger charge is 2.23. The fourth-order valence-corrected chi connectivity index (χ4v) is 4.70. The molecule has 0 amide bonds. The number of nitrogens with one attached hydrogen (secondary N) is 1. The Hall–Kier alpha value is -1.43. The molecule has 3 nitrogen and oxygen atoms in total. The maximum absolute atomic E-state index is 4.92. The summed E-state index contributed by atoms with van der Waals surface area (Å²) in [5.74, 6) is 0.607. The maximum Gasteiger partial charge on any atom is 0.0964 e. The summed E-state index contributed by atoms with van der Waals surface area (Å²) in [6.07, 6.45) is 4.40. The van der Waals surface area contributed by atoms with E-state index in [2.05, 4.69) is 67.6 Å². The van der Waals surface area contributed by atoms with Crippen LogP contribution in [0.15, 0.2) is 52.4 Å². The van der Waals surface area contributed by atoms with Crippen LogP contribution in [0, 0.1) is 0 Å². The maximum atomic E-state index is 4.92. The average molecular weight is 402 g/mol. The van der Waals surface area contributed by atoms with Gasteiger partial charge in [-0.15, -0.1) is 11.3 Å². The standard InChI is InChI=1S/C19H20BrN3S/c20-16-4-1-3-15(11-16)18-13-24-19(22-18)14-6-9-23(10-7-14)12-17-5-2-8-21-17/h1-5,8,11,13-14,21H,6-7,9-10,12H2. The summed E-state index contributed by atoms with van der Waals surface area (Å²) >= 11 is 5.35. The lowest BCUT2D eigenvalue weighted by atomic mass is 9.97. The summed E-state index contributed by atoms with van der Waals surface area (Å²) in [5.41, 5.74) is 3.60. The van der Waals surface area contributed by atoms with Crippen molar-refractivity contribution in [3.8, 4) is 11.3 Å². The van der Waals surface area contributed by atoms with Gasteiger partial charge in [0.05, 0.1) is 10.7 Å². The Labute approximate surface area is 154 Å². The first-order valence-electron chi connectivity index (χ1n) is 8.34. The number of halogens is 1. The molecule has 0 radical (unpaired) electrons. The molecule has 3 aromatic rings. The van der Waals surface area contributed by atoms with Crippen LogP contribution < -0.4 is 0 Å². The van der Waals surface area contributed by atoms with Crippen LogP contribution in [0.25, 0.3) is 11.3 Å². The average Bonchev–Trinajstić information content (AvgIpc) is 3.27. The second-order valence-corrected chi connectivity index (χ2v) is 8.13. The van der Waals surface area contributed by atoms with Crippen LogP contribution >= 0.6 is 27.3 Å². The lowest BCUT2D eigenvalue weighted by molar-refractivity contribution is 0.203. The summed E-state index contributed by atoms with van der Waals surface area (Å²) < 4.78 is 1.10. The zero-order valence-corrected chi connectivity index (χ0v) is 15.8. The fraction of sp³-hybridized carbons (Fsp3) is 0.316. The molecular formula is C19H20BrN3S. The monoisotopic (exact) mass is 401 g/mol. The Bertz CT molecular complexity index is 789. The molecule has 124 valence electrons. The van der Waals surface area contributed by atoms with Crippen LogP contribution in [0.1, 0.15) is 29.5 Å². The van der Waals surface area contributed by atoms with Crippen LogP contribution in [0.2, 0.25) is 0 Å². The van der Waals surface area contributed by atoms with E-state index in [1.54, 1.807) is 0 Å². The molecule has 1 N–H and O–H groups in total. The number of thiazole rings is 1. The van der Waals surface area contributed by atoms with E-state index in [1.165, 1.54) is 29.1 Å². The Balaban J connectivity index is 1.39. The molecule has 0 saturated carbocycles. The highest BCUT2D eigenvalue weighted by Crippen LogP contribution is 2.33. The van der Waals surface area contributed by atoms with E-state index in [9.17, 15) is 0 Å². The van der Waals surface area contributed by atoms with E-state index in [-0.39, 0.29) is 0 Å². The number of aromatic nitrogens is 2. The van der Waals surface area contributed by atoms with Crippen LogP contribution in [-0.4, -0.2) is 28.0 Å². The van der Waals surface area contributed by atoms with Crippen LogP contribution in [-0.2, 0) is 6.54 Å². The first-order chi connectivity index (χ1) is 11.8. The molecule has 0 atom stereocenters. The van der Waals surface area contributed by atoms with Crippen molar-refractivity contribution in [1.29, 1.82) is 0 Å². The van der Waals surface area contributed by atoms with E-state index in [1.807, 2.05) is 17.5 Å². The van der Waals surface area contributed by atoms with Crippen molar-refractivity contribution in [2.75, 3.05) is 13.1 Å². The largest absolute Gasteiger partial charge is 0.364 e. The molecule has 1 aliphatic heterocycles. The fourth-order valence-electron chi connectivity index (χ4n) is 3.30. The first-order valence-corrected chi connectivity index (χ1v) is 10.0. The van der Waals surface area contributed by atoms with Crippen molar-refractivity contribution < 1.29 is 0 Å². The topological polar surface area (TPSA) is 31.9 Å². The Morgan fingerprint density at radius 3 is 2.83 bits per heavy atom. The molecular weight excluding hydrogens is 382 g/mol. The van der Waals surface area contributed by atoms with Crippen LogP contribution in [0.5, 0.6) is 0 Å². The third kappa shape index (κ3) is 3.63. The highest BCUT2D eigenvalue weighted by molar-refractivity contribution is 9.10. The van der Waals surface area contributed by atoms with Gasteiger partial charge in [0.15, 0.2) is 0 Å². The summed E-state index contributed by atoms with van der Waals surface area (Å²) in [6.45, 7) is 3.33. The van der Waals surface area contributed by atoms with E-state index in [0.717, 1.165) is 29.8 Å².